The largest absolute Gasteiger partial charge is 0.472 e. The number of anilines is 1. The van der Waals surface area contributed by atoms with E-state index < -0.39 is 0 Å². The van der Waals surface area contributed by atoms with Gasteiger partial charge in [0.25, 0.3) is 5.91 Å². The van der Waals surface area contributed by atoms with Gasteiger partial charge in [-0.05, 0) is 18.9 Å². The zero-order valence-electron chi connectivity index (χ0n) is 9.96. The Hall–Kier alpha value is -1.42. The maximum Gasteiger partial charge on any atom is 0.257 e. The van der Waals surface area contributed by atoms with Crippen LogP contribution in [-0.4, -0.2) is 18.7 Å². The number of hydrogen-bond donors (Lipinski definition) is 2. The summed E-state index contributed by atoms with van der Waals surface area (Å²) in [5.41, 5.74) is 1.36. The molecule has 0 radical (unpaired) electrons. The molecule has 4 nitrogen and oxygen atoms in total. The summed E-state index contributed by atoms with van der Waals surface area (Å²) in [4.78, 5) is 11.6. The maximum absolute atomic E-state index is 11.6. The van der Waals surface area contributed by atoms with Crippen LogP contribution in [0.4, 0.5) is 5.69 Å². The van der Waals surface area contributed by atoms with Crippen molar-refractivity contribution in [1.29, 1.82) is 0 Å². The van der Waals surface area contributed by atoms with E-state index >= 15 is 0 Å². The topological polar surface area (TPSA) is 50.4 Å². The van der Waals surface area contributed by atoms with Gasteiger partial charge in [-0.3, -0.25) is 4.79 Å². The van der Waals surface area contributed by atoms with E-state index in [0.29, 0.717) is 22.4 Å². The molecular formula is C13H15ClN2O2. The smallest absolute Gasteiger partial charge is 0.257 e. The van der Waals surface area contributed by atoms with Gasteiger partial charge in [0.05, 0.1) is 16.3 Å². The van der Waals surface area contributed by atoms with E-state index in [4.69, 9.17) is 16.3 Å². The summed E-state index contributed by atoms with van der Waals surface area (Å²) in [5.74, 6) is 0.467. The van der Waals surface area contributed by atoms with E-state index in [-0.39, 0.29) is 12.6 Å². The number of fused-ring (bicyclic) bond motifs is 1. The van der Waals surface area contributed by atoms with Crippen molar-refractivity contribution in [3.63, 3.8) is 0 Å². The van der Waals surface area contributed by atoms with Crippen LogP contribution in [0.1, 0.15) is 36.0 Å². The fourth-order valence-corrected chi connectivity index (χ4v) is 2.74. The van der Waals surface area contributed by atoms with E-state index in [2.05, 4.69) is 10.6 Å². The monoisotopic (exact) mass is 266 g/mol. The summed E-state index contributed by atoms with van der Waals surface area (Å²) in [6.07, 6.45) is 4.88. The Bertz CT molecular complexity index is 484. The first-order valence-corrected chi connectivity index (χ1v) is 6.63. The summed E-state index contributed by atoms with van der Waals surface area (Å²) in [7, 11) is 0. The Labute approximate surface area is 111 Å². The summed E-state index contributed by atoms with van der Waals surface area (Å²) >= 11 is 6.21. The molecule has 1 saturated carbocycles. The predicted octanol–water partition coefficient (Wildman–Crippen LogP) is 2.77. The van der Waals surface area contributed by atoms with Crippen LogP contribution in [0.5, 0.6) is 5.75 Å². The van der Waals surface area contributed by atoms with E-state index in [1.54, 1.807) is 6.07 Å². The predicted molar refractivity (Wildman–Crippen MR) is 70.3 cm³/mol. The van der Waals surface area contributed by atoms with Crippen LogP contribution in [0.25, 0.3) is 0 Å². The third-order valence-electron chi connectivity index (χ3n) is 3.49. The molecule has 1 amide bonds. The summed E-state index contributed by atoms with van der Waals surface area (Å²) in [5, 5.41) is 6.62. The molecule has 96 valence electrons. The molecule has 0 spiro atoms. The van der Waals surface area contributed by atoms with Gasteiger partial charge in [0.1, 0.15) is 5.75 Å². The first kappa shape index (κ1) is 11.7. The average Bonchev–Trinajstić information content (AvgIpc) is 2.84. The Morgan fingerprint density at radius 2 is 2.11 bits per heavy atom. The molecule has 1 heterocycles. The minimum absolute atomic E-state index is 0.134. The second kappa shape index (κ2) is 4.69. The van der Waals surface area contributed by atoms with Gasteiger partial charge in [0.2, 0.25) is 0 Å². The number of ether oxygens (including phenoxy) is 1. The minimum Gasteiger partial charge on any atom is -0.472 e. The highest BCUT2D eigenvalue weighted by Crippen LogP contribution is 2.34. The summed E-state index contributed by atoms with van der Waals surface area (Å²) < 4.78 is 5.42. The zero-order valence-corrected chi connectivity index (χ0v) is 10.7. The molecule has 0 aromatic heterocycles. The second-order valence-electron chi connectivity index (χ2n) is 4.75. The lowest BCUT2D eigenvalue weighted by Gasteiger charge is -2.21. The lowest BCUT2D eigenvalue weighted by atomic mass is 10.1. The van der Waals surface area contributed by atoms with Crippen LogP contribution in [-0.2, 0) is 0 Å². The van der Waals surface area contributed by atoms with E-state index in [1.807, 2.05) is 6.07 Å². The molecule has 0 atom stereocenters. The average molecular weight is 267 g/mol. The van der Waals surface area contributed by atoms with Crippen molar-refractivity contribution in [3.05, 3.63) is 22.7 Å². The molecule has 1 aromatic rings. The molecule has 1 aromatic carbocycles. The van der Waals surface area contributed by atoms with Crippen LogP contribution in [0.15, 0.2) is 12.1 Å². The van der Waals surface area contributed by atoms with Crippen molar-refractivity contribution in [3.8, 4) is 5.75 Å². The molecule has 1 aliphatic carbocycles. The van der Waals surface area contributed by atoms with Gasteiger partial charge in [0, 0.05) is 12.1 Å². The van der Waals surface area contributed by atoms with Crippen molar-refractivity contribution in [2.45, 2.75) is 31.7 Å². The zero-order chi connectivity index (χ0) is 12.5. The lowest BCUT2D eigenvalue weighted by molar-refractivity contribution is 0.0883. The first-order valence-electron chi connectivity index (χ1n) is 6.25. The molecular weight excluding hydrogens is 252 g/mol. The van der Waals surface area contributed by atoms with Gasteiger partial charge in [-0.2, -0.15) is 0 Å². The molecule has 0 unspecified atom stereocenters. The molecule has 3 rings (SSSR count). The Morgan fingerprint density at radius 3 is 2.89 bits per heavy atom. The number of carbonyl (C=O) groups excluding carboxylic acids is 1. The first-order chi connectivity index (χ1) is 8.74. The fourth-order valence-electron chi connectivity index (χ4n) is 2.53. The highest BCUT2D eigenvalue weighted by Gasteiger charge is 2.22. The molecule has 5 heteroatoms. The molecule has 2 N–H and O–H groups in total. The van der Waals surface area contributed by atoms with Crippen LogP contribution in [0, 0.1) is 0 Å². The standard InChI is InChI=1S/C13H15ClN2O2/c14-10-5-9-12(18-7-15-13(9)17)6-11(10)16-8-3-1-2-4-8/h5-6,8,16H,1-4,7H2,(H,15,17). The number of halogens is 1. The Balaban J connectivity index is 1.88. The van der Waals surface area contributed by atoms with Gasteiger partial charge < -0.3 is 15.4 Å². The number of nitrogens with one attached hydrogen (secondary N) is 2. The Kier molecular flexibility index (Phi) is 3.04. The quantitative estimate of drug-likeness (QED) is 0.865. The number of amides is 1. The van der Waals surface area contributed by atoms with Gasteiger partial charge in [-0.25, -0.2) is 0 Å². The van der Waals surface area contributed by atoms with Gasteiger partial charge in [0.15, 0.2) is 6.73 Å². The third-order valence-corrected chi connectivity index (χ3v) is 3.80. The Morgan fingerprint density at radius 1 is 1.33 bits per heavy atom. The second-order valence-corrected chi connectivity index (χ2v) is 5.16. The number of carbonyl (C=O) groups is 1. The minimum atomic E-state index is -0.134. The van der Waals surface area contributed by atoms with Crippen LogP contribution >= 0.6 is 11.6 Å². The van der Waals surface area contributed by atoms with Crippen LogP contribution < -0.4 is 15.4 Å². The number of rotatable bonds is 2. The van der Waals surface area contributed by atoms with Gasteiger partial charge >= 0.3 is 0 Å². The van der Waals surface area contributed by atoms with Crippen LogP contribution in [0.3, 0.4) is 0 Å². The SMILES string of the molecule is O=C1NCOc2cc(NC3CCCC3)c(Cl)cc21. The van der Waals surface area contributed by atoms with E-state index in [0.717, 1.165) is 5.69 Å². The maximum atomic E-state index is 11.6. The van der Waals surface area contributed by atoms with Crippen molar-refractivity contribution in [2.75, 3.05) is 12.0 Å². The molecule has 1 fully saturated rings. The fraction of sp³-hybridized carbons (Fsp3) is 0.462. The highest BCUT2D eigenvalue weighted by molar-refractivity contribution is 6.33. The number of benzene rings is 1. The lowest BCUT2D eigenvalue weighted by Crippen LogP contribution is -2.33. The summed E-state index contributed by atoms with van der Waals surface area (Å²) in [6, 6.07) is 3.98. The van der Waals surface area contributed by atoms with E-state index in [9.17, 15) is 4.79 Å². The molecule has 18 heavy (non-hydrogen) atoms. The third kappa shape index (κ3) is 2.12. The van der Waals surface area contributed by atoms with Gasteiger partial charge in [-0.15, -0.1) is 0 Å². The number of hydrogen-bond acceptors (Lipinski definition) is 3. The van der Waals surface area contributed by atoms with Crippen molar-refractivity contribution < 1.29 is 9.53 Å². The van der Waals surface area contributed by atoms with E-state index in [1.165, 1.54) is 25.7 Å². The van der Waals surface area contributed by atoms with Crippen LogP contribution in [0.2, 0.25) is 5.02 Å². The van der Waals surface area contributed by atoms with Crippen molar-refractivity contribution >= 4 is 23.2 Å². The molecule has 1 aliphatic heterocycles. The highest BCUT2D eigenvalue weighted by atomic mass is 35.5. The van der Waals surface area contributed by atoms with Crippen molar-refractivity contribution in [2.24, 2.45) is 0 Å². The summed E-state index contributed by atoms with van der Waals surface area (Å²) in [6.45, 7) is 0.219. The molecule has 2 aliphatic rings. The molecule has 0 bridgehead atoms. The van der Waals surface area contributed by atoms with Gasteiger partial charge in [-0.1, -0.05) is 24.4 Å². The van der Waals surface area contributed by atoms with Crippen molar-refractivity contribution in [1.82, 2.24) is 5.32 Å². The molecule has 0 saturated heterocycles. The normalized spacial score (nSPS) is 19.1.